The molecule has 0 saturated heterocycles. The number of nitrogens with one attached hydrogen (secondary N) is 1. The van der Waals surface area contributed by atoms with Crippen molar-refractivity contribution in [2.75, 3.05) is 20.2 Å². The smallest absolute Gasteiger partial charge is 0.118 e. The Labute approximate surface area is 115 Å². The molecule has 0 aliphatic heterocycles. The Morgan fingerprint density at radius 3 is 2.63 bits per heavy atom. The summed E-state index contributed by atoms with van der Waals surface area (Å²) in [5.41, 5.74) is 1.38. The molecule has 0 heterocycles. The minimum Gasteiger partial charge on any atom is -0.497 e. The van der Waals surface area contributed by atoms with Crippen molar-refractivity contribution < 1.29 is 4.74 Å². The summed E-state index contributed by atoms with van der Waals surface area (Å²) in [6.07, 6.45) is 8.75. The molecule has 1 aromatic rings. The molecule has 19 heavy (non-hydrogen) atoms. The Kier molecular flexibility index (Phi) is 3.88. The summed E-state index contributed by atoms with van der Waals surface area (Å²) >= 11 is 0. The quantitative estimate of drug-likeness (QED) is 0.625. The van der Waals surface area contributed by atoms with Crippen LogP contribution < -0.4 is 10.1 Å². The van der Waals surface area contributed by atoms with Crippen LogP contribution in [0.3, 0.4) is 0 Å². The second-order valence-corrected chi connectivity index (χ2v) is 5.84. The second kappa shape index (κ2) is 5.79. The molecule has 2 bridgehead atoms. The number of fused-ring (bicyclic) bond motifs is 2. The van der Waals surface area contributed by atoms with Crippen molar-refractivity contribution in [1.82, 2.24) is 5.32 Å². The van der Waals surface area contributed by atoms with Crippen molar-refractivity contribution in [2.45, 2.75) is 19.3 Å². The van der Waals surface area contributed by atoms with E-state index in [9.17, 15) is 0 Å². The largest absolute Gasteiger partial charge is 0.497 e. The van der Waals surface area contributed by atoms with Gasteiger partial charge in [0.1, 0.15) is 5.75 Å². The molecule has 1 aromatic carbocycles. The minimum absolute atomic E-state index is 0.860. The van der Waals surface area contributed by atoms with Crippen LogP contribution in [-0.4, -0.2) is 20.2 Å². The van der Waals surface area contributed by atoms with Crippen LogP contribution in [0.15, 0.2) is 36.4 Å². The molecule has 0 aromatic heterocycles. The van der Waals surface area contributed by atoms with Gasteiger partial charge in [-0.25, -0.2) is 0 Å². The van der Waals surface area contributed by atoms with Gasteiger partial charge in [0, 0.05) is 0 Å². The van der Waals surface area contributed by atoms with Crippen molar-refractivity contribution in [3.05, 3.63) is 42.0 Å². The van der Waals surface area contributed by atoms with Crippen molar-refractivity contribution in [3.8, 4) is 5.75 Å². The van der Waals surface area contributed by atoms with E-state index in [4.69, 9.17) is 4.74 Å². The number of hydrogen-bond acceptors (Lipinski definition) is 2. The fourth-order valence-electron chi connectivity index (χ4n) is 3.44. The molecule has 1 fully saturated rings. The predicted molar refractivity (Wildman–Crippen MR) is 78.4 cm³/mol. The minimum atomic E-state index is 0.860. The summed E-state index contributed by atoms with van der Waals surface area (Å²) in [6, 6.07) is 8.38. The Morgan fingerprint density at radius 1 is 1.16 bits per heavy atom. The van der Waals surface area contributed by atoms with Crippen LogP contribution in [-0.2, 0) is 6.42 Å². The maximum atomic E-state index is 5.17. The first-order chi connectivity index (χ1) is 9.35. The first kappa shape index (κ1) is 12.7. The Balaban J connectivity index is 1.37. The molecule has 2 aliphatic carbocycles. The third-order valence-corrected chi connectivity index (χ3v) is 4.57. The predicted octanol–water partition coefficient (Wildman–Crippen LogP) is 3.04. The molecule has 2 nitrogen and oxygen atoms in total. The monoisotopic (exact) mass is 257 g/mol. The highest BCUT2D eigenvalue weighted by atomic mass is 16.5. The first-order valence-corrected chi connectivity index (χ1v) is 7.37. The van der Waals surface area contributed by atoms with Gasteiger partial charge in [-0.05, 0) is 67.8 Å². The average molecular weight is 257 g/mol. The lowest BCUT2D eigenvalue weighted by Gasteiger charge is -2.18. The maximum absolute atomic E-state index is 5.17. The zero-order valence-corrected chi connectivity index (χ0v) is 11.6. The van der Waals surface area contributed by atoms with E-state index >= 15 is 0 Å². The lowest BCUT2D eigenvalue weighted by Crippen LogP contribution is -2.27. The second-order valence-electron chi connectivity index (χ2n) is 5.84. The Bertz CT molecular complexity index is 437. The van der Waals surface area contributed by atoms with Crippen LogP contribution in [0, 0.1) is 17.8 Å². The number of hydrogen-bond donors (Lipinski definition) is 1. The zero-order valence-electron chi connectivity index (χ0n) is 11.6. The molecule has 3 rings (SSSR count). The zero-order chi connectivity index (χ0) is 13.1. The third kappa shape index (κ3) is 3.01. The number of benzene rings is 1. The highest BCUT2D eigenvalue weighted by Crippen LogP contribution is 2.42. The molecule has 1 saturated carbocycles. The summed E-state index contributed by atoms with van der Waals surface area (Å²) in [4.78, 5) is 0. The van der Waals surface area contributed by atoms with Gasteiger partial charge in [0.05, 0.1) is 7.11 Å². The van der Waals surface area contributed by atoms with Gasteiger partial charge < -0.3 is 10.1 Å². The van der Waals surface area contributed by atoms with Crippen LogP contribution in [0.2, 0.25) is 0 Å². The van der Waals surface area contributed by atoms with Gasteiger partial charge in [0.2, 0.25) is 0 Å². The van der Waals surface area contributed by atoms with Crippen LogP contribution >= 0.6 is 0 Å². The molecule has 0 unspecified atom stereocenters. The van der Waals surface area contributed by atoms with E-state index in [1.165, 1.54) is 24.9 Å². The molecule has 0 amide bonds. The van der Waals surface area contributed by atoms with Crippen molar-refractivity contribution in [1.29, 1.82) is 0 Å². The van der Waals surface area contributed by atoms with Gasteiger partial charge in [-0.15, -0.1) is 0 Å². The fraction of sp³-hybridized carbons (Fsp3) is 0.529. The molecule has 1 N–H and O–H groups in total. The molecular weight excluding hydrogens is 234 g/mol. The summed E-state index contributed by atoms with van der Waals surface area (Å²) in [5.74, 6) is 3.56. The van der Waals surface area contributed by atoms with Crippen LogP contribution in [0.4, 0.5) is 0 Å². The van der Waals surface area contributed by atoms with Gasteiger partial charge >= 0.3 is 0 Å². The van der Waals surface area contributed by atoms with Gasteiger partial charge in [0.15, 0.2) is 0 Å². The normalized spacial score (nSPS) is 27.9. The standard InChI is InChI=1S/C17H23NO/c1-19-17-6-3-13(4-7-17)8-9-18-12-16-11-14-2-5-15(16)10-14/h2-7,14-16,18H,8-12H2,1H3/t14-,15-,16-/m0/s1. The average Bonchev–Trinajstić information content (AvgIpc) is 3.07. The van der Waals surface area contributed by atoms with E-state index in [1.807, 2.05) is 12.1 Å². The van der Waals surface area contributed by atoms with Crippen LogP contribution in [0.25, 0.3) is 0 Å². The van der Waals surface area contributed by atoms with E-state index in [0.29, 0.717) is 0 Å². The number of ether oxygens (including phenoxy) is 1. The van der Waals surface area contributed by atoms with Crippen molar-refractivity contribution in [2.24, 2.45) is 17.8 Å². The number of methoxy groups -OCH3 is 1. The van der Waals surface area contributed by atoms with E-state index in [-0.39, 0.29) is 0 Å². The highest BCUT2D eigenvalue weighted by Gasteiger charge is 2.34. The lowest BCUT2D eigenvalue weighted by molar-refractivity contribution is 0.413. The number of rotatable bonds is 6. The molecule has 0 radical (unpaired) electrons. The van der Waals surface area contributed by atoms with Crippen LogP contribution in [0.1, 0.15) is 18.4 Å². The van der Waals surface area contributed by atoms with E-state index < -0.39 is 0 Å². The SMILES string of the molecule is COc1ccc(CCNC[C@@H]2C[C@H]3C=C[C@H]2C3)cc1. The molecule has 2 aliphatic rings. The Hall–Kier alpha value is -1.28. The third-order valence-electron chi connectivity index (χ3n) is 4.57. The Morgan fingerprint density at radius 2 is 2.00 bits per heavy atom. The summed E-state index contributed by atoms with van der Waals surface area (Å²) < 4.78 is 5.17. The molecular formula is C17H23NO. The van der Waals surface area contributed by atoms with E-state index in [1.54, 1.807) is 7.11 Å². The first-order valence-electron chi connectivity index (χ1n) is 7.37. The van der Waals surface area contributed by atoms with Gasteiger partial charge in [0.25, 0.3) is 0 Å². The van der Waals surface area contributed by atoms with Crippen molar-refractivity contribution >= 4 is 0 Å². The van der Waals surface area contributed by atoms with E-state index in [2.05, 4.69) is 29.6 Å². The van der Waals surface area contributed by atoms with Gasteiger partial charge in [-0.3, -0.25) is 0 Å². The summed E-state index contributed by atoms with van der Waals surface area (Å²) in [6.45, 7) is 2.26. The summed E-state index contributed by atoms with van der Waals surface area (Å²) in [5, 5.41) is 3.62. The number of allylic oxidation sites excluding steroid dienone is 2. The topological polar surface area (TPSA) is 21.3 Å². The maximum Gasteiger partial charge on any atom is 0.118 e. The molecule has 0 spiro atoms. The van der Waals surface area contributed by atoms with Gasteiger partial charge in [-0.2, -0.15) is 0 Å². The molecule has 102 valence electrons. The molecule has 2 heteroatoms. The fourth-order valence-corrected chi connectivity index (χ4v) is 3.44. The van der Waals surface area contributed by atoms with Gasteiger partial charge in [-0.1, -0.05) is 24.3 Å². The van der Waals surface area contributed by atoms with E-state index in [0.717, 1.165) is 36.5 Å². The van der Waals surface area contributed by atoms with Crippen LogP contribution in [0.5, 0.6) is 5.75 Å². The summed E-state index contributed by atoms with van der Waals surface area (Å²) in [7, 11) is 1.71. The lowest BCUT2D eigenvalue weighted by atomic mass is 9.93. The molecule has 3 atom stereocenters. The highest BCUT2D eigenvalue weighted by molar-refractivity contribution is 5.27. The van der Waals surface area contributed by atoms with Crippen molar-refractivity contribution in [3.63, 3.8) is 0 Å².